The van der Waals surface area contributed by atoms with Gasteiger partial charge in [-0.1, -0.05) is 12.1 Å². The molecule has 0 saturated carbocycles. The number of hydrogen-bond donors (Lipinski definition) is 2. The van der Waals surface area contributed by atoms with Crippen LogP contribution in [0.3, 0.4) is 0 Å². The molecular formula is C17H25F3N4O3S. The van der Waals surface area contributed by atoms with Crippen molar-refractivity contribution in [1.82, 2.24) is 14.9 Å². The molecule has 1 saturated heterocycles. The largest absolute Gasteiger partial charge is 0.416 e. The van der Waals surface area contributed by atoms with E-state index in [1.54, 1.807) is 20.0 Å². The summed E-state index contributed by atoms with van der Waals surface area (Å²) < 4.78 is 69.8. The Morgan fingerprint density at radius 3 is 2.75 bits per heavy atom. The quantitative estimate of drug-likeness (QED) is 0.413. The molecule has 1 aliphatic heterocycles. The number of alkyl halides is 3. The van der Waals surface area contributed by atoms with Crippen LogP contribution in [0.2, 0.25) is 0 Å². The van der Waals surface area contributed by atoms with Gasteiger partial charge in [0.05, 0.1) is 24.5 Å². The molecule has 0 aromatic heterocycles. The molecule has 1 heterocycles. The van der Waals surface area contributed by atoms with E-state index in [9.17, 15) is 21.6 Å². The van der Waals surface area contributed by atoms with Gasteiger partial charge in [0.1, 0.15) is 6.10 Å². The predicted molar refractivity (Wildman–Crippen MR) is 101 cm³/mol. The summed E-state index contributed by atoms with van der Waals surface area (Å²) in [6, 6.07) is 5.11. The van der Waals surface area contributed by atoms with Crippen molar-refractivity contribution < 1.29 is 26.3 Å². The van der Waals surface area contributed by atoms with Crippen LogP contribution in [0.5, 0.6) is 0 Å². The van der Waals surface area contributed by atoms with Crippen LogP contribution in [0, 0.1) is 0 Å². The lowest BCUT2D eigenvalue weighted by molar-refractivity contribution is -0.137. The zero-order chi connectivity index (χ0) is 20.8. The fourth-order valence-corrected chi connectivity index (χ4v) is 3.39. The summed E-state index contributed by atoms with van der Waals surface area (Å²) in [6.07, 6.45) is -4.93. The number of benzene rings is 1. The van der Waals surface area contributed by atoms with Crippen LogP contribution < -0.4 is 10.0 Å². The van der Waals surface area contributed by atoms with E-state index in [0.29, 0.717) is 37.8 Å². The van der Waals surface area contributed by atoms with Gasteiger partial charge in [-0.2, -0.15) is 13.2 Å². The Hall–Kier alpha value is -1.85. The first-order valence-electron chi connectivity index (χ1n) is 8.88. The van der Waals surface area contributed by atoms with Crippen LogP contribution in [0.4, 0.5) is 13.2 Å². The van der Waals surface area contributed by atoms with Crippen LogP contribution in [0.25, 0.3) is 0 Å². The molecule has 0 amide bonds. The van der Waals surface area contributed by atoms with E-state index in [0.717, 1.165) is 12.1 Å². The minimum Gasteiger partial charge on any atom is -0.370 e. The third-order valence-corrected chi connectivity index (χ3v) is 5.68. The summed E-state index contributed by atoms with van der Waals surface area (Å²) in [4.78, 5) is 6.05. The molecule has 1 aromatic rings. The van der Waals surface area contributed by atoms with E-state index in [4.69, 9.17) is 4.74 Å². The Morgan fingerprint density at radius 1 is 1.36 bits per heavy atom. The molecular weight excluding hydrogens is 397 g/mol. The Morgan fingerprint density at radius 2 is 2.11 bits per heavy atom. The fraction of sp³-hybridized carbons (Fsp3) is 0.588. The van der Waals surface area contributed by atoms with Crippen LogP contribution in [-0.2, 0) is 20.9 Å². The molecule has 28 heavy (non-hydrogen) atoms. The highest BCUT2D eigenvalue weighted by atomic mass is 32.2. The monoisotopic (exact) mass is 422 g/mol. The number of nitrogens with one attached hydrogen (secondary N) is 2. The molecule has 1 atom stereocenters. The summed E-state index contributed by atoms with van der Waals surface area (Å²) in [7, 11) is -1.67. The van der Waals surface area contributed by atoms with Crippen LogP contribution in [0.1, 0.15) is 24.2 Å². The smallest absolute Gasteiger partial charge is 0.370 e. The maximum atomic E-state index is 12.9. The fourth-order valence-electron chi connectivity index (χ4n) is 2.77. The summed E-state index contributed by atoms with van der Waals surface area (Å²) in [5.74, 6) is 0.542. The van der Waals surface area contributed by atoms with Gasteiger partial charge in [0.25, 0.3) is 0 Å². The second kappa shape index (κ2) is 9.57. The summed E-state index contributed by atoms with van der Waals surface area (Å²) in [6.45, 7) is 3.28. The highest BCUT2D eigenvalue weighted by molar-refractivity contribution is 7.89. The number of aliphatic imine (C=N–C) groups is 1. The lowest BCUT2D eigenvalue weighted by Crippen LogP contribution is -2.49. The summed E-state index contributed by atoms with van der Waals surface area (Å²) in [5.41, 5.74) is -0.262. The summed E-state index contributed by atoms with van der Waals surface area (Å²) >= 11 is 0. The Kier molecular flexibility index (Phi) is 7.67. The van der Waals surface area contributed by atoms with Gasteiger partial charge in [0.15, 0.2) is 5.96 Å². The van der Waals surface area contributed by atoms with Crippen molar-refractivity contribution in [2.45, 2.75) is 19.2 Å². The molecule has 1 unspecified atom stereocenters. The van der Waals surface area contributed by atoms with E-state index in [1.165, 1.54) is 6.07 Å². The number of guanidine groups is 1. The van der Waals surface area contributed by atoms with Crippen molar-refractivity contribution >= 4 is 16.0 Å². The molecule has 0 bridgehead atoms. The Labute approximate surface area is 163 Å². The first-order valence-corrected chi connectivity index (χ1v) is 10.5. The first-order chi connectivity index (χ1) is 13.2. The standard InChI is InChI=1S/C17H25F3N4O3S/c1-3-28(25,26)23-8-7-22-16(21-2)24-9-10-27-15(12-24)13-5-4-6-14(11-13)17(18,19)20/h4-6,11,15,23H,3,7-10,12H2,1-2H3,(H,21,22). The van der Waals surface area contributed by atoms with Crippen molar-refractivity contribution in [3.8, 4) is 0 Å². The molecule has 2 rings (SSSR count). The molecule has 7 nitrogen and oxygen atoms in total. The highest BCUT2D eigenvalue weighted by Crippen LogP contribution is 2.32. The number of ether oxygens (including phenoxy) is 1. The van der Waals surface area contributed by atoms with Gasteiger partial charge >= 0.3 is 6.18 Å². The third kappa shape index (κ3) is 6.35. The average Bonchev–Trinajstić information content (AvgIpc) is 2.67. The third-order valence-electron chi connectivity index (χ3n) is 4.27. The van der Waals surface area contributed by atoms with E-state index in [-0.39, 0.29) is 12.3 Å². The van der Waals surface area contributed by atoms with Gasteiger partial charge in [-0.15, -0.1) is 0 Å². The molecule has 0 spiro atoms. The van der Waals surface area contributed by atoms with E-state index in [1.807, 2.05) is 4.90 Å². The van der Waals surface area contributed by atoms with Crippen molar-refractivity contribution in [2.75, 3.05) is 45.6 Å². The Bertz CT molecular complexity index is 784. The predicted octanol–water partition coefficient (Wildman–Crippen LogP) is 1.59. The Balaban J connectivity index is 1.98. The second-order valence-corrected chi connectivity index (χ2v) is 8.30. The molecule has 1 fully saturated rings. The zero-order valence-corrected chi connectivity index (χ0v) is 16.6. The van der Waals surface area contributed by atoms with Crippen LogP contribution in [-0.4, -0.2) is 64.9 Å². The topological polar surface area (TPSA) is 83.0 Å². The number of nitrogens with zero attached hydrogens (tertiary/aromatic N) is 2. The molecule has 1 aliphatic rings. The minimum atomic E-state index is -4.41. The normalized spacial score (nSPS) is 19.0. The molecule has 0 aliphatic carbocycles. The molecule has 0 radical (unpaired) electrons. The zero-order valence-electron chi connectivity index (χ0n) is 15.8. The maximum Gasteiger partial charge on any atom is 0.416 e. The average molecular weight is 422 g/mol. The lowest BCUT2D eigenvalue weighted by Gasteiger charge is -2.35. The molecule has 158 valence electrons. The number of hydrogen-bond acceptors (Lipinski definition) is 4. The van der Waals surface area contributed by atoms with Crippen molar-refractivity contribution in [1.29, 1.82) is 0 Å². The van der Waals surface area contributed by atoms with E-state index >= 15 is 0 Å². The lowest BCUT2D eigenvalue weighted by atomic mass is 10.0. The van der Waals surface area contributed by atoms with Crippen LogP contribution in [0.15, 0.2) is 29.3 Å². The highest BCUT2D eigenvalue weighted by Gasteiger charge is 2.32. The van der Waals surface area contributed by atoms with E-state index in [2.05, 4.69) is 15.0 Å². The van der Waals surface area contributed by atoms with Gasteiger partial charge in [-0.05, 0) is 24.6 Å². The SMILES string of the molecule is CCS(=O)(=O)NCCNC(=NC)N1CCOC(c2cccc(C(F)(F)F)c2)C1. The number of halogens is 3. The minimum absolute atomic E-state index is 0.00383. The van der Waals surface area contributed by atoms with Crippen molar-refractivity contribution in [3.05, 3.63) is 35.4 Å². The molecule has 2 N–H and O–H groups in total. The van der Waals surface area contributed by atoms with Crippen molar-refractivity contribution in [2.24, 2.45) is 4.99 Å². The number of morpholine rings is 1. The van der Waals surface area contributed by atoms with Gasteiger partial charge < -0.3 is 15.0 Å². The van der Waals surface area contributed by atoms with Gasteiger partial charge in [0.2, 0.25) is 10.0 Å². The number of sulfonamides is 1. The second-order valence-electron chi connectivity index (χ2n) is 6.20. The first kappa shape index (κ1) is 22.4. The van der Waals surface area contributed by atoms with Gasteiger partial charge in [0, 0.05) is 26.7 Å². The summed E-state index contributed by atoms with van der Waals surface area (Å²) in [5, 5.41) is 3.06. The van der Waals surface area contributed by atoms with E-state index < -0.39 is 27.9 Å². The maximum absolute atomic E-state index is 12.9. The number of rotatable bonds is 6. The van der Waals surface area contributed by atoms with Gasteiger partial charge in [-0.3, -0.25) is 4.99 Å². The molecule has 11 heteroatoms. The molecule has 1 aromatic carbocycles. The van der Waals surface area contributed by atoms with Gasteiger partial charge in [-0.25, -0.2) is 13.1 Å². The van der Waals surface area contributed by atoms with Crippen LogP contribution >= 0.6 is 0 Å². The van der Waals surface area contributed by atoms with Crippen molar-refractivity contribution in [3.63, 3.8) is 0 Å².